The van der Waals surface area contributed by atoms with Crippen molar-refractivity contribution in [2.24, 2.45) is 0 Å². The van der Waals surface area contributed by atoms with Crippen LogP contribution in [0.15, 0.2) is 52.4 Å². The molecule has 4 aromatic rings. The molecule has 224 valence electrons. The minimum absolute atomic E-state index is 0.190. The van der Waals surface area contributed by atoms with Crippen LogP contribution >= 0.6 is 11.3 Å². The zero-order valence-electron chi connectivity index (χ0n) is 24.4. The smallest absolute Gasteiger partial charge is 0.266 e. The van der Waals surface area contributed by atoms with Crippen LogP contribution < -0.4 is 15.6 Å². The van der Waals surface area contributed by atoms with Crippen molar-refractivity contribution in [1.29, 1.82) is 0 Å². The molecule has 1 aliphatic rings. The van der Waals surface area contributed by atoms with E-state index in [1.54, 1.807) is 22.5 Å². The van der Waals surface area contributed by atoms with Crippen molar-refractivity contribution < 1.29 is 18.3 Å². The molecule has 0 atom stereocenters. The van der Waals surface area contributed by atoms with E-state index in [2.05, 4.69) is 20.3 Å². The number of allylic oxidation sites excluding steroid dienone is 1. The first-order chi connectivity index (χ1) is 20.7. The Bertz CT molecular complexity index is 1720. The molecule has 5 heterocycles. The average molecular weight is 607 g/mol. The molecular formula is C31H32F2N6O3S. The first-order valence-electron chi connectivity index (χ1n) is 13.9. The van der Waals surface area contributed by atoms with Crippen LogP contribution in [-0.2, 0) is 0 Å². The van der Waals surface area contributed by atoms with Gasteiger partial charge in [-0.05, 0) is 63.6 Å². The van der Waals surface area contributed by atoms with E-state index >= 15 is 0 Å². The Kier molecular flexibility index (Phi) is 9.07. The number of carbonyl (C=O) groups is 1. The number of aryl methyl sites for hydroxylation is 1. The number of ether oxygens (including phenoxy) is 1. The summed E-state index contributed by atoms with van der Waals surface area (Å²) in [6, 6.07) is 6.20. The lowest BCUT2D eigenvalue weighted by Gasteiger charge is -2.29. The summed E-state index contributed by atoms with van der Waals surface area (Å²) in [7, 11) is 0. The fraction of sp³-hybridized carbons (Fsp3) is 0.323. The third-order valence-electron chi connectivity index (χ3n) is 6.83. The summed E-state index contributed by atoms with van der Waals surface area (Å²) in [6.07, 6.45) is 1.97. The van der Waals surface area contributed by atoms with Crippen LogP contribution in [0.2, 0.25) is 0 Å². The maximum Gasteiger partial charge on any atom is 0.266 e. The normalized spacial score (nSPS) is 13.3. The molecule has 43 heavy (non-hydrogen) atoms. The standard InChI is InChI=1S/C31H32F2N6O3S/c1-5-42-28-26(13-19(4)15-36-28)39-25(12-18(2)3)21(30(40)38-10-8-34-9-11-38)14-22(31(39)41)29-37-24(17-43-29)23-7-6-20(16-35-23)27(32)33/h6-7,12-17,27,34H,5,8-11H2,1-4H3. The van der Waals surface area contributed by atoms with Crippen molar-refractivity contribution in [2.75, 3.05) is 32.8 Å². The van der Waals surface area contributed by atoms with Gasteiger partial charge in [-0.15, -0.1) is 11.3 Å². The zero-order valence-corrected chi connectivity index (χ0v) is 25.2. The summed E-state index contributed by atoms with van der Waals surface area (Å²) >= 11 is 1.21. The molecule has 0 aromatic carbocycles. The third kappa shape index (κ3) is 6.40. The third-order valence-corrected chi connectivity index (χ3v) is 7.70. The van der Waals surface area contributed by atoms with Crippen molar-refractivity contribution in [3.63, 3.8) is 0 Å². The zero-order chi connectivity index (χ0) is 30.7. The minimum atomic E-state index is -2.63. The summed E-state index contributed by atoms with van der Waals surface area (Å²) in [5.41, 5.74) is 3.33. The van der Waals surface area contributed by atoms with Gasteiger partial charge < -0.3 is 15.0 Å². The van der Waals surface area contributed by atoms with Gasteiger partial charge in [0.05, 0.1) is 29.1 Å². The maximum absolute atomic E-state index is 14.4. The molecule has 1 N–H and O–H groups in total. The molecule has 1 aliphatic heterocycles. The Hall–Kier alpha value is -4.29. The second-order valence-electron chi connectivity index (χ2n) is 10.3. The number of amides is 1. The Morgan fingerprint density at radius 1 is 1.14 bits per heavy atom. The minimum Gasteiger partial charge on any atom is -0.476 e. The monoisotopic (exact) mass is 606 g/mol. The fourth-order valence-electron chi connectivity index (χ4n) is 4.80. The average Bonchev–Trinajstić information content (AvgIpc) is 3.48. The van der Waals surface area contributed by atoms with E-state index in [9.17, 15) is 18.4 Å². The molecule has 0 spiro atoms. The number of piperazine rings is 1. The summed E-state index contributed by atoms with van der Waals surface area (Å²) in [4.78, 5) is 43.6. The number of thiazole rings is 1. The van der Waals surface area contributed by atoms with Crippen molar-refractivity contribution in [2.45, 2.75) is 34.1 Å². The highest BCUT2D eigenvalue weighted by Gasteiger charge is 2.27. The molecule has 1 fully saturated rings. The molecular weight excluding hydrogens is 574 g/mol. The lowest BCUT2D eigenvalue weighted by atomic mass is 10.0. The predicted molar refractivity (Wildman–Crippen MR) is 163 cm³/mol. The van der Waals surface area contributed by atoms with Crippen LogP contribution in [0.3, 0.4) is 0 Å². The summed E-state index contributed by atoms with van der Waals surface area (Å²) in [6.45, 7) is 10.2. The molecule has 1 amide bonds. The number of rotatable bonds is 8. The van der Waals surface area contributed by atoms with Gasteiger partial charge in [-0.2, -0.15) is 0 Å². The van der Waals surface area contributed by atoms with Crippen LogP contribution in [0.5, 0.6) is 5.88 Å². The Morgan fingerprint density at radius 2 is 1.91 bits per heavy atom. The van der Waals surface area contributed by atoms with E-state index in [-0.39, 0.29) is 22.9 Å². The van der Waals surface area contributed by atoms with Gasteiger partial charge in [-0.1, -0.05) is 5.57 Å². The topological polar surface area (TPSA) is 102 Å². The molecule has 0 aliphatic carbocycles. The lowest BCUT2D eigenvalue weighted by molar-refractivity contribution is 0.0735. The molecule has 0 saturated carbocycles. The summed E-state index contributed by atoms with van der Waals surface area (Å²) in [5.74, 6) is 0.0584. The van der Waals surface area contributed by atoms with Gasteiger partial charge in [0.15, 0.2) is 0 Å². The van der Waals surface area contributed by atoms with Gasteiger partial charge in [-0.3, -0.25) is 19.1 Å². The van der Waals surface area contributed by atoms with E-state index in [4.69, 9.17) is 4.74 Å². The molecule has 9 nitrogen and oxygen atoms in total. The SMILES string of the molecule is CCOc1ncc(C)cc1-n1c(C=C(C)C)c(C(=O)N2CCNCC2)cc(-c2nc(-c3ccc(C(F)F)cn3)cs2)c1=O. The number of hydrogen-bond acceptors (Lipinski definition) is 8. The van der Waals surface area contributed by atoms with Gasteiger partial charge in [0.1, 0.15) is 16.4 Å². The van der Waals surface area contributed by atoms with E-state index in [0.29, 0.717) is 66.1 Å². The molecule has 1 saturated heterocycles. The highest BCUT2D eigenvalue weighted by molar-refractivity contribution is 7.13. The molecule has 4 aromatic heterocycles. The van der Waals surface area contributed by atoms with E-state index in [1.165, 1.54) is 28.0 Å². The number of aromatic nitrogens is 4. The highest BCUT2D eigenvalue weighted by atomic mass is 32.1. The molecule has 12 heteroatoms. The van der Waals surface area contributed by atoms with E-state index in [1.807, 2.05) is 39.8 Å². The lowest BCUT2D eigenvalue weighted by Crippen LogP contribution is -2.47. The maximum atomic E-state index is 14.4. The second kappa shape index (κ2) is 12.9. The Balaban J connectivity index is 1.76. The summed E-state index contributed by atoms with van der Waals surface area (Å²) < 4.78 is 33.4. The second-order valence-corrected chi connectivity index (χ2v) is 11.2. The quantitative estimate of drug-likeness (QED) is 0.281. The molecule has 0 unspecified atom stereocenters. The first kappa shape index (κ1) is 30.2. The predicted octanol–water partition coefficient (Wildman–Crippen LogP) is 5.53. The molecule has 0 bridgehead atoms. The number of alkyl halides is 2. The molecule has 5 rings (SSSR count). The van der Waals surface area contributed by atoms with Gasteiger partial charge in [-0.25, -0.2) is 18.7 Å². The fourth-order valence-corrected chi connectivity index (χ4v) is 5.62. The first-order valence-corrected chi connectivity index (χ1v) is 14.8. The number of pyridine rings is 3. The van der Waals surface area contributed by atoms with Crippen molar-refractivity contribution in [3.05, 3.63) is 80.4 Å². The van der Waals surface area contributed by atoms with Gasteiger partial charge in [0, 0.05) is 49.5 Å². The van der Waals surface area contributed by atoms with Crippen molar-refractivity contribution in [1.82, 2.24) is 29.7 Å². The Morgan fingerprint density at radius 3 is 2.56 bits per heavy atom. The van der Waals surface area contributed by atoms with Crippen LogP contribution in [-0.4, -0.2) is 63.1 Å². The number of carbonyl (C=O) groups excluding carboxylic acids is 1. The van der Waals surface area contributed by atoms with Gasteiger partial charge in [0.2, 0.25) is 5.88 Å². The summed E-state index contributed by atoms with van der Waals surface area (Å²) in [5, 5.41) is 5.34. The van der Waals surface area contributed by atoms with Gasteiger partial charge >= 0.3 is 0 Å². The number of nitrogens with zero attached hydrogens (tertiary/aromatic N) is 5. The van der Waals surface area contributed by atoms with Gasteiger partial charge in [0.25, 0.3) is 17.9 Å². The van der Waals surface area contributed by atoms with E-state index in [0.717, 1.165) is 17.3 Å². The van der Waals surface area contributed by atoms with Crippen molar-refractivity contribution in [3.8, 4) is 33.5 Å². The number of nitrogens with one attached hydrogen (secondary N) is 1. The van der Waals surface area contributed by atoms with Crippen LogP contribution in [0, 0.1) is 6.92 Å². The van der Waals surface area contributed by atoms with Crippen LogP contribution in [0.4, 0.5) is 8.78 Å². The van der Waals surface area contributed by atoms with E-state index < -0.39 is 12.0 Å². The van der Waals surface area contributed by atoms with Crippen LogP contribution in [0.25, 0.3) is 33.7 Å². The Labute approximate surface area is 251 Å². The molecule has 0 radical (unpaired) electrons. The largest absolute Gasteiger partial charge is 0.476 e. The van der Waals surface area contributed by atoms with Crippen molar-refractivity contribution >= 4 is 23.3 Å². The number of hydrogen-bond donors (Lipinski definition) is 1. The van der Waals surface area contributed by atoms with Crippen LogP contribution in [0.1, 0.15) is 54.4 Å². The number of halogens is 2. The highest BCUT2D eigenvalue weighted by Crippen LogP contribution is 2.32.